The third kappa shape index (κ3) is 3.23. The average Bonchev–Trinajstić information content (AvgIpc) is 2.71. The van der Waals surface area contributed by atoms with Crippen molar-refractivity contribution < 1.29 is 1.43 Å². The molecule has 2 heterocycles. The highest BCUT2D eigenvalue weighted by Crippen LogP contribution is 2.01. The average molecular weight is 181 g/mol. The van der Waals surface area contributed by atoms with Crippen LogP contribution in [-0.2, 0) is 0 Å². The topological polar surface area (TPSA) is 41.6 Å². The third-order valence-corrected chi connectivity index (χ3v) is 1.19. The predicted molar refractivity (Wildman–Crippen MR) is 58.7 cm³/mol. The number of aromatic amines is 1. The number of nitrogens with one attached hydrogen (secondary N) is 1. The van der Waals surface area contributed by atoms with Crippen LogP contribution in [0.1, 0.15) is 29.1 Å². The minimum Gasteiger partial charge on any atom is -0.343 e. The fourth-order valence-electron chi connectivity index (χ4n) is 0.775. The number of rotatable bonds is 0. The van der Waals surface area contributed by atoms with E-state index in [1.54, 1.807) is 12.5 Å². The summed E-state index contributed by atoms with van der Waals surface area (Å²) in [7, 11) is 0. The van der Waals surface area contributed by atoms with Crippen molar-refractivity contribution in [2.24, 2.45) is 0 Å². The number of hydrogen-bond acceptors (Lipinski definition) is 2. The summed E-state index contributed by atoms with van der Waals surface area (Å²) in [6, 6.07) is 3.82. The summed E-state index contributed by atoms with van der Waals surface area (Å²) in [6.45, 7) is 8.00. The van der Waals surface area contributed by atoms with Crippen LogP contribution in [0, 0.1) is 0 Å². The number of fused-ring (bicyclic) bond motifs is 1. The molecular weight excluding hydrogens is 162 g/mol. The van der Waals surface area contributed by atoms with Crippen molar-refractivity contribution in [3.63, 3.8) is 0 Å². The zero-order valence-corrected chi connectivity index (χ0v) is 8.70. The van der Waals surface area contributed by atoms with Crippen molar-refractivity contribution in [3.8, 4) is 0 Å². The Morgan fingerprint density at radius 3 is 2.46 bits per heavy atom. The van der Waals surface area contributed by atoms with E-state index in [9.17, 15) is 0 Å². The molecule has 0 spiro atoms. The molecule has 0 bridgehead atoms. The molecule has 2 aromatic rings. The molecule has 3 nitrogen and oxygen atoms in total. The van der Waals surface area contributed by atoms with Crippen molar-refractivity contribution >= 4 is 11.2 Å². The molecule has 0 fully saturated rings. The molecule has 2 rings (SSSR count). The predicted octanol–water partition coefficient (Wildman–Crippen LogP) is 3.26. The van der Waals surface area contributed by atoms with Gasteiger partial charge in [-0.25, -0.2) is 9.97 Å². The second-order valence-electron chi connectivity index (χ2n) is 1.78. The normalized spacial score (nSPS) is 8.00. The summed E-state index contributed by atoms with van der Waals surface area (Å²) >= 11 is 0. The Morgan fingerprint density at radius 1 is 1.15 bits per heavy atom. The van der Waals surface area contributed by atoms with Crippen molar-refractivity contribution in [3.05, 3.63) is 24.7 Å². The van der Waals surface area contributed by atoms with Crippen LogP contribution in [0.4, 0.5) is 0 Å². The highest BCUT2D eigenvalue weighted by atomic mass is 14.9. The molecule has 0 radical (unpaired) electrons. The minimum absolute atomic E-state index is 0. The Labute approximate surface area is 80.7 Å². The Hall–Kier alpha value is -1.38. The Bertz CT molecular complexity index is 289. The van der Waals surface area contributed by atoms with Crippen molar-refractivity contribution in [2.45, 2.75) is 27.7 Å². The summed E-state index contributed by atoms with van der Waals surface area (Å²) < 4.78 is 0. The second kappa shape index (κ2) is 7.28. The smallest absolute Gasteiger partial charge is 0.177 e. The van der Waals surface area contributed by atoms with Gasteiger partial charge in [-0.05, 0) is 12.1 Å². The lowest BCUT2D eigenvalue weighted by atomic mass is 10.4. The molecule has 0 saturated carbocycles. The van der Waals surface area contributed by atoms with Gasteiger partial charge in [0.25, 0.3) is 0 Å². The van der Waals surface area contributed by atoms with E-state index in [1.165, 1.54) is 0 Å². The maximum absolute atomic E-state index is 4.00. The molecule has 13 heavy (non-hydrogen) atoms. The van der Waals surface area contributed by atoms with Crippen LogP contribution in [0.15, 0.2) is 24.7 Å². The standard InChI is InChI=1S/C6H5N3.2C2H6.H2/c1-2-5-6(7-3-1)9-4-8-5;2*1-2;/h1-4H,(H,7,8,9);2*1-2H3;1H. The molecule has 0 aromatic carbocycles. The van der Waals surface area contributed by atoms with Gasteiger partial charge in [0.05, 0.1) is 11.8 Å². The number of nitrogens with zero attached hydrogens (tertiary/aromatic N) is 2. The van der Waals surface area contributed by atoms with Crippen LogP contribution in [-0.4, -0.2) is 15.0 Å². The zero-order chi connectivity index (χ0) is 10.1. The second-order valence-corrected chi connectivity index (χ2v) is 1.78. The van der Waals surface area contributed by atoms with E-state index in [4.69, 9.17) is 0 Å². The van der Waals surface area contributed by atoms with E-state index in [0.717, 1.165) is 11.2 Å². The van der Waals surface area contributed by atoms with Crippen molar-refractivity contribution in [1.29, 1.82) is 0 Å². The number of hydrogen-bond donors (Lipinski definition) is 1. The van der Waals surface area contributed by atoms with E-state index in [2.05, 4.69) is 15.0 Å². The number of H-pyrrole nitrogens is 1. The maximum Gasteiger partial charge on any atom is 0.177 e. The molecule has 0 amide bonds. The Kier molecular flexibility index (Phi) is 6.51. The molecular formula is C10H19N3. The fraction of sp³-hybridized carbons (Fsp3) is 0.400. The number of imidazole rings is 1. The number of pyridine rings is 1. The van der Waals surface area contributed by atoms with Gasteiger partial charge in [-0.3, -0.25) is 0 Å². The summed E-state index contributed by atoms with van der Waals surface area (Å²) in [4.78, 5) is 10.9. The van der Waals surface area contributed by atoms with Gasteiger partial charge in [-0.1, -0.05) is 27.7 Å². The third-order valence-electron chi connectivity index (χ3n) is 1.19. The lowest BCUT2D eigenvalue weighted by Crippen LogP contribution is -1.71. The molecule has 0 atom stereocenters. The lowest BCUT2D eigenvalue weighted by Gasteiger charge is -1.80. The first-order valence-electron chi connectivity index (χ1n) is 4.71. The van der Waals surface area contributed by atoms with Crippen LogP contribution < -0.4 is 0 Å². The van der Waals surface area contributed by atoms with Gasteiger partial charge in [0.15, 0.2) is 5.65 Å². The van der Waals surface area contributed by atoms with Crippen LogP contribution in [0.2, 0.25) is 0 Å². The zero-order valence-electron chi connectivity index (χ0n) is 8.70. The summed E-state index contributed by atoms with van der Waals surface area (Å²) in [5.41, 5.74) is 1.76. The highest BCUT2D eigenvalue weighted by Gasteiger charge is 1.90. The molecule has 74 valence electrons. The van der Waals surface area contributed by atoms with Gasteiger partial charge in [0, 0.05) is 7.62 Å². The summed E-state index contributed by atoms with van der Waals surface area (Å²) in [5, 5.41) is 0. The minimum atomic E-state index is 0. The van der Waals surface area contributed by atoms with E-state index in [-0.39, 0.29) is 1.43 Å². The Morgan fingerprint density at radius 2 is 1.85 bits per heavy atom. The monoisotopic (exact) mass is 181 g/mol. The van der Waals surface area contributed by atoms with E-state index in [1.807, 2.05) is 39.8 Å². The van der Waals surface area contributed by atoms with E-state index in [0.29, 0.717) is 0 Å². The molecule has 0 aliphatic carbocycles. The molecule has 0 aliphatic rings. The SMILES string of the molecule is CC.CC.[HH].c1cnc2nc[nH]c2c1. The molecule has 0 saturated heterocycles. The van der Waals surface area contributed by atoms with Crippen LogP contribution >= 0.6 is 0 Å². The molecule has 0 unspecified atom stereocenters. The molecule has 0 aliphatic heterocycles. The van der Waals surface area contributed by atoms with Gasteiger partial charge < -0.3 is 4.98 Å². The maximum atomic E-state index is 4.00. The van der Waals surface area contributed by atoms with Gasteiger partial charge >= 0.3 is 0 Å². The largest absolute Gasteiger partial charge is 0.343 e. The molecule has 3 heteroatoms. The summed E-state index contributed by atoms with van der Waals surface area (Å²) in [6.07, 6.45) is 3.36. The Balaban J connectivity index is 0. The van der Waals surface area contributed by atoms with Gasteiger partial charge in [0.1, 0.15) is 0 Å². The van der Waals surface area contributed by atoms with Gasteiger partial charge in [0.2, 0.25) is 0 Å². The molecule has 2 aromatic heterocycles. The first-order chi connectivity index (χ1) is 6.47. The highest BCUT2D eigenvalue weighted by molar-refractivity contribution is 5.68. The quantitative estimate of drug-likeness (QED) is 0.677. The van der Waals surface area contributed by atoms with Crippen LogP contribution in [0.25, 0.3) is 11.2 Å². The van der Waals surface area contributed by atoms with Crippen molar-refractivity contribution in [1.82, 2.24) is 15.0 Å². The summed E-state index contributed by atoms with van der Waals surface area (Å²) in [5.74, 6) is 0. The lowest BCUT2D eigenvalue weighted by molar-refractivity contribution is 1.30. The van der Waals surface area contributed by atoms with Gasteiger partial charge in [-0.2, -0.15) is 0 Å². The first kappa shape index (κ1) is 11.6. The number of aromatic nitrogens is 3. The fourth-order valence-corrected chi connectivity index (χ4v) is 0.775. The molecule has 1 N–H and O–H groups in total. The van der Waals surface area contributed by atoms with Crippen LogP contribution in [0.3, 0.4) is 0 Å². The van der Waals surface area contributed by atoms with Crippen molar-refractivity contribution in [2.75, 3.05) is 0 Å². The first-order valence-corrected chi connectivity index (χ1v) is 4.71. The van der Waals surface area contributed by atoms with Crippen LogP contribution in [0.5, 0.6) is 0 Å². The van der Waals surface area contributed by atoms with E-state index < -0.39 is 0 Å². The van der Waals surface area contributed by atoms with E-state index >= 15 is 0 Å². The van der Waals surface area contributed by atoms with Gasteiger partial charge in [-0.15, -0.1) is 0 Å².